The molecule has 1 atom stereocenters. The Labute approximate surface area is 144 Å². The van der Waals surface area contributed by atoms with E-state index in [0.29, 0.717) is 23.5 Å². The number of ether oxygens (including phenoxy) is 1. The van der Waals surface area contributed by atoms with E-state index in [1.165, 1.54) is 12.7 Å². The first-order valence-corrected chi connectivity index (χ1v) is 9.41. The first-order chi connectivity index (χ1) is 11.8. The predicted molar refractivity (Wildman–Crippen MR) is 91.2 cm³/mol. The van der Waals surface area contributed by atoms with Crippen LogP contribution in [0.2, 0.25) is 0 Å². The second-order valence-corrected chi connectivity index (χ2v) is 7.43. The largest absolute Gasteiger partial charge is 0.389 e. The number of hydrogen-bond donors (Lipinski definition) is 4. The van der Waals surface area contributed by atoms with Crippen LogP contribution >= 0.6 is 7.60 Å². The summed E-state index contributed by atoms with van der Waals surface area (Å²) in [7, 11) is -0.293. The molecule has 0 spiro atoms. The van der Waals surface area contributed by atoms with Crippen LogP contribution in [0.5, 0.6) is 0 Å². The summed E-state index contributed by atoms with van der Waals surface area (Å²) in [5, 5.41) is 13.2. The van der Waals surface area contributed by atoms with Gasteiger partial charge in [-0.2, -0.15) is 0 Å². The molecule has 0 aromatic carbocycles. The molecular weight excluding hydrogens is 351 g/mol. The number of nitrogens with one attached hydrogen (secondary N) is 1. The molecule has 0 saturated carbocycles. The molecule has 12 heteroatoms. The van der Waals surface area contributed by atoms with Crippen LogP contribution in [0.15, 0.2) is 12.7 Å². The number of aliphatic hydroxyl groups is 1. The minimum Gasteiger partial charge on any atom is -0.389 e. The second kappa shape index (κ2) is 8.65. The molecule has 4 N–H and O–H groups in total. The number of aromatic nitrogens is 4. The molecule has 0 aliphatic rings. The van der Waals surface area contributed by atoms with Crippen molar-refractivity contribution < 1.29 is 24.2 Å². The molecule has 1 unspecified atom stereocenters. The molecule has 0 fully saturated rings. The van der Waals surface area contributed by atoms with Crippen LogP contribution in [0.3, 0.4) is 0 Å². The average Bonchev–Trinajstić information content (AvgIpc) is 2.89. The highest BCUT2D eigenvalue weighted by atomic mass is 31.2. The third-order valence-corrected chi connectivity index (χ3v) is 3.75. The van der Waals surface area contributed by atoms with Crippen molar-refractivity contribution in [1.82, 2.24) is 24.4 Å². The van der Waals surface area contributed by atoms with Gasteiger partial charge in [0.2, 0.25) is 0 Å². The van der Waals surface area contributed by atoms with Gasteiger partial charge in [-0.25, -0.2) is 15.0 Å². The van der Waals surface area contributed by atoms with Crippen molar-refractivity contribution in [1.29, 1.82) is 0 Å². The van der Waals surface area contributed by atoms with Crippen molar-refractivity contribution in [2.75, 3.05) is 45.5 Å². The quantitative estimate of drug-likeness (QED) is 0.394. The van der Waals surface area contributed by atoms with Gasteiger partial charge in [0.15, 0.2) is 11.5 Å². The van der Waals surface area contributed by atoms with Gasteiger partial charge in [-0.15, -0.1) is 0 Å². The van der Waals surface area contributed by atoms with Crippen molar-refractivity contribution in [3.05, 3.63) is 12.7 Å². The molecule has 2 rings (SSSR count). The summed E-state index contributed by atoms with van der Waals surface area (Å²) < 4.78 is 17.2. The van der Waals surface area contributed by atoms with Gasteiger partial charge in [-0.3, -0.25) is 4.57 Å². The van der Waals surface area contributed by atoms with Gasteiger partial charge in [-0.05, 0) is 14.1 Å². The van der Waals surface area contributed by atoms with Crippen molar-refractivity contribution >= 4 is 24.6 Å². The Morgan fingerprint density at radius 1 is 1.36 bits per heavy atom. The predicted octanol–water partition coefficient (Wildman–Crippen LogP) is -0.688. The Bertz CT molecular complexity index is 733. The minimum atomic E-state index is -4.24. The second-order valence-electron chi connectivity index (χ2n) is 5.84. The lowest BCUT2D eigenvalue weighted by atomic mass is 10.3. The molecule has 0 bridgehead atoms. The molecule has 2 heterocycles. The average molecular weight is 374 g/mol. The molecule has 0 amide bonds. The van der Waals surface area contributed by atoms with Gasteiger partial charge in [0.05, 0.1) is 25.6 Å². The van der Waals surface area contributed by atoms with Gasteiger partial charge >= 0.3 is 7.60 Å². The lowest BCUT2D eigenvalue weighted by Crippen LogP contribution is -2.22. The van der Waals surface area contributed by atoms with E-state index in [1.807, 2.05) is 19.0 Å². The maximum Gasteiger partial charge on any atom is 0.350 e. The molecule has 0 radical (unpaired) electrons. The zero-order chi connectivity index (χ0) is 18.4. The SMILES string of the molecule is CN(C)CCNc1ncnc2c1ncn2CC(O)COCP(=O)(O)O. The first kappa shape index (κ1) is 19.7. The summed E-state index contributed by atoms with van der Waals surface area (Å²) in [6.45, 7) is 1.46. The number of likely N-dealkylation sites (N-methyl/N-ethyl adjacent to an activating group) is 1. The summed E-state index contributed by atoms with van der Waals surface area (Å²) in [4.78, 5) is 32.1. The molecule has 2 aromatic heterocycles. The number of nitrogens with zero attached hydrogens (tertiary/aromatic N) is 5. The molecule has 0 aliphatic heterocycles. The van der Waals surface area contributed by atoms with E-state index in [0.717, 1.165) is 6.54 Å². The fraction of sp³-hybridized carbons (Fsp3) is 0.615. The zero-order valence-corrected chi connectivity index (χ0v) is 15.0. The molecule has 11 nitrogen and oxygen atoms in total. The standard InChI is InChI=1S/C13H23N6O5P/c1-18(2)4-3-14-12-11-13(16-7-15-12)19(8-17-11)5-10(20)6-24-9-25(21,22)23/h7-8,10,20H,3-6,9H2,1-2H3,(H,14,15,16)(H2,21,22,23). The summed E-state index contributed by atoms with van der Waals surface area (Å²) in [5.74, 6) is 0.609. The fourth-order valence-electron chi connectivity index (χ4n) is 2.13. The number of aliphatic hydroxyl groups excluding tert-OH is 1. The van der Waals surface area contributed by atoms with Crippen LogP contribution in [0, 0.1) is 0 Å². The lowest BCUT2D eigenvalue weighted by molar-refractivity contribution is 0.0413. The minimum absolute atomic E-state index is 0.131. The van der Waals surface area contributed by atoms with Crippen LogP contribution in [-0.4, -0.2) is 85.6 Å². The highest BCUT2D eigenvalue weighted by molar-refractivity contribution is 7.51. The summed E-state index contributed by atoms with van der Waals surface area (Å²) in [5.41, 5.74) is 1.14. The van der Waals surface area contributed by atoms with E-state index in [1.54, 1.807) is 4.57 Å². The molecule has 25 heavy (non-hydrogen) atoms. The molecule has 0 saturated heterocycles. The highest BCUT2D eigenvalue weighted by Gasteiger charge is 2.16. The highest BCUT2D eigenvalue weighted by Crippen LogP contribution is 2.33. The van der Waals surface area contributed by atoms with E-state index in [9.17, 15) is 9.67 Å². The Balaban J connectivity index is 1.99. The topological polar surface area (TPSA) is 146 Å². The van der Waals surface area contributed by atoms with E-state index >= 15 is 0 Å². The Morgan fingerprint density at radius 3 is 2.80 bits per heavy atom. The first-order valence-electron chi connectivity index (χ1n) is 7.61. The normalized spacial score (nSPS) is 13.5. The van der Waals surface area contributed by atoms with E-state index in [-0.39, 0.29) is 13.2 Å². The fourth-order valence-corrected chi connectivity index (χ4v) is 2.47. The zero-order valence-electron chi connectivity index (χ0n) is 14.1. The maximum absolute atomic E-state index is 10.7. The number of anilines is 1. The van der Waals surface area contributed by atoms with Gasteiger partial charge in [0, 0.05) is 13.1 Å². The number of fused-ring (bicyclic) bond motifs is 1. The van der Waals surface area contributed by atoms with Crippen LogP contribution in [0.25, 0.3) is 11.2 Å². The number of rotatable bonds is 10. The molecular formula is C13H23N6O5P. The number of imidazole rings is 1. The third-order valence-electron chi connectivity index (χ3n) is 3.23. The van der Waals surface area contributed by atoms with Crippen LogP contribution < -0.4 is 5.32 Å². The molecule has 140 valence electrons. The number of hydrogen-bond acceptors (Lipinski definition) is 8. The molecule has 0 aliphatic carbocycles. The Morgan fingerprint density at radius 2 is 2.12 bits per heavy atom. The van der Waals surface area contributed by atoms with Crippen LogP contribution in [-0.2, 0) is 15.8 Å². The van der Waals surface area contributed by atoms with E-state index in [2.05, 4.69) is 20.3 Å². The van der Waals surface area contributed by atoms with E-state index < -0.39 is 20.0 Å². The summed E-state index contributed by atoms with van der Waals surface area (Å²) >= 11 is 0. The van der Waals surface area contributed by atoms with Gasteiger partial charge in [0.1, 0.15) is 18.2 Å². The van der Waals surface area contributed by atoms with Gasteiger partial charge < -0.3 is 34.4 Å². The van der Waals surface area contributed by atoms with Crippen molar-refractivity contribution in [2.24, 2.45) is 0 Å². The van der Waals surface area contributed by atoms with Gasteiger partial charge in [-0.1, -0.05) is 0 Å². The maximum atomic E-state index is 10.7. The molecule has 2 aromatic rings. The van der Waals surface area contributed by atoms with E-state index in [4.69, 9.17) is 14.5 Å². The Kier molecular flexibility index (Phi) is 6.82. The Hall–Kier alpha value is -1.62. The van der Waals surface area contributed by atoms with Gasteiger partial charge in [0.25, 0.3) is 0 Å². The van der Waals surface area contributed by atoms with Crippen molar-refractivity contribution in [3.63, 3.8) is 0 Å². The van der Waals surface area contributed by atoms with Crippen LogP contribution in [0.1, 0.15) is 0 Å². The van der Waals surface area contributed by atoms with Crippen LogP contribution in [0.4, 0.5) is 5.82 Å². The summed E-state index contributed by atoms with van der Waals surface area (Å²) in [6, 6.07) is 0. The smallest absolute Gasteiger partial charge is 0.350 e. The summed E-state index contributed by atoms with van der Waals surface area (Å²) in [6.07, 6.45) is 1.26. The lowest BCUT2D eigenvalue weighted by Gasteiger charge is -2.13. The third kappa shape index (κ3) is 6.31. The van der Waals surface area contributed by atoms with Crippen molar-refractivity contribution in [2.45, 2.75) is 12.6 Å². The van der Waals surface area contributed by atoms with Crippen molar-refractivity contribution in [3.8, 4) is 0 Å². The monoisotopic (exact) mass is 374 g/mol.